The lowest BCUT2D eigenvalue weighted by molar-refractivity contribution is 0.737. The van der Waals surface area contributed by atoms with Gasteiger partial charge in [0, 0.05) is 0 Å². The van der Waals surface area contributed by atoms with Gasteiger partial charge in [-0.1, -0.05) is 110 Å². The average molecular weight is 253 g/mol. The molecule has 17 heavy (non-hydrogen) atoms. The van der Waals surface area contributed by atoms with E-state index in [-0.39, 0.29) is 0 Å². The van der Waals surface area contributed by atoms with Crippen LogP contribution in [0.2, 0.25) is 0 Å². The zero-order valence-electron chi connectivity index (χ0n) is 16.3. The van der Waals surface area contributed by atoms with E-state index in [4.69, 9.17) is 0 Å². The van der Waals surface area contributed by atoms with E-state index in [9.17, 15) is 0 Å². The molecular formula is C17H48. The molecule has 0 aliphatic heterocycles. The highest BCUT2D eigenvalue weighted by Gasteiger charge is 1.68. The number of hydrogen-bond donors (Lipinski definition) is 0. The summed E-state index contributed by atoms with van der Waals surface area (Å²) in [5.41, 5.74) is 0. The summed E-state index contributed by atoms with van der Waals surface area (Å²) in [6, 6.07) is 0. The maximum atomic E-state index is 2.17. The first-order valence-electron chi connectivity index (χ1n) is 8.15. The highest BCUT2D eigenvalue weighted by atomic mass is 13.7. The van der Waals surface area contributed by atoms with Gasteiger partial charge in [-0.05, 0) is 5.92 Å². The second kappa shape index (κ2) is 225. The maximum absolute atomic E-state index is 2.17. The Labute approximate surface area is 117 Å². The van der Waals surface area contributed by atoms with E-state index >= 15 is 0 Å². The Morgan fingerprint density at radius 2 is 0.471 bits per heavy atom. The summed E-state index contributed by atoms with van der Waals surface area (Å²) in [5.74, 6) is 0.833. The molecule has 0 rings (SSSR count). The fourth-order valence-corrected chi connectivity index (χ4v) is 0. The van der Waals surface area contributed by atoms with Crippen molar-refractivity contribution < 1.29 is 0 Å². The second-order valence-corrected chi connectivity index (χ2v) is 2.44. The van der Waals surface area contributed by atoms with Gasteiger partial charge in [-0.25, -0.2) is 0 Å². The van der Waals surface area contributed by atoms with Crippen molar-refractivity contribution in [2.24, 2.45) is 5.92 Å². The van der Waals surface area contributed by atoms with Gasteiger partial charge in [0.15, 0.2) is 0 Å². The van der Waals surface area contributed by atoms with Gasteiger partial charge in [0.1, 0.15) is 0 Å². The lowest BCUT2D eigenvalue weighted by Gasteiger charge is -1.79. The van der Waals surface area contributed by atoms with Crippen LogP contribution in [-0.4, -0.2) is 0 Å². The minimum Gasteiger partial charge on any atom is -0.0683 e. The van der Waals surface area contributed by atoms with Gasteiger partial charge < -0.3 is 0 Å². The maximum Gasteiger partial charge on any atom is -0.0500 e. The van der Waals surface area contributed by atoms with Crippen molar-refractivity contribution in [2.45, 2.75) is 110 Å². The predicted octanol–water partition coefficient (Wildman–Crippen LogP) is 8.21. The van der Waals surface area contributed by atoms with Gasteiger partial charge in [0.05, 0.1) is 0 Å². The van der Waals surface area contributed by atoms with Crippen molar-refractivity contribution in [1.29, 1.82) is 0 Å². The highest BCUT2D eigenvalue weighted by Crippen LogP contribution is 1.81. The fourth-order valence-electron chi connectivity index (χ4n) is 0. The molecule has 0 aromatic heterocycles. The zero-order chi connectivity index (χ0) is 16.3. The third-order valence-corrected chi connectivity index (χ3v) is 0. The molecule has 0 nitrogen and oxygen atoms in total. The van der Waals surface area contributed by atoms with Gasteiger partial charge in [-0.2, -0.15) is 0 Å². The first-order valence-corrected chi connectivity index (χ1v) is 8.15. The van der Waals surface area contributed by atoms with Crippen LogP contribution < -0.4 is 0 Å². The first-order chi connectivity index (χ1) is 8.15. The second-order valence-electron chi connectivity index (χ2n) is 2.44. The summed E-state index contributed by atoms with van der Waals surface area (Å²) in [4.78, 5) is 0. The molecule has 0 aliphatic carbocycles. The van der Waals surface area contributed by atoms with E-state index in [1.807, 2.05) is 69.2 Å². The lowest BCUT2D eigenvalue weighted by Crippen LogP contribution is -1.66. The minimum absolute atomic E-state index is 0.833. The summed E-state index contributed by atoms with van der Waals surface area (Å²) in [6.07, 6.45) is 1.25. The Kier molecular flexibility index (Phi) is 576. The largest absolute Gasteiger partial charge is 0.0683 e. The van der Waals surface area contributed by atoms with Gasteiger partial charge in [0.2, 0.25) is 0 Å². The van der Waals surface area contributed by atoms with Crippen LogP contribution in [0.3, 0.4) is 0 Å². The van der Waals surface area contributed by atoms with Crippen LogP contribution in [-0.2, 0) is 0 Å². The molecule has 0 heterocycles. The van der Waals surface area contributed by atoms with Crippen LogP contribution in [0, 0.1) is 5.92 Å². The van der Waals surface area contributed by atoms with Gasteiger partial charge in [0.25, 0.3) is 0 Å². The Morgan fingerprint density at radius 1 is 0.471 bits per heavy atom. The average Bonchev–Trinajstić information content (AvgIpc) is 2.41. The van der Waals surface area contributed by atoms with Crippen molar-refractivity contribution in [3.63, 3.8) is 0 Å². The van der Waals surface area contributed by atoms with Crippen LogP contribution in [0.5, 0.6) is 0 Å². The highest BCUT2D eigenvalue weighted by molar-refractivity contribution is 4.20. The molecule has 0 aromatic carbocycles. The summed E-state index contributed by atoms with van der Waals surface area (Å²) >= 11 is 0. The van der Waals surface area contributed by atoms with Crippen LogP contribution in [0.4, 0.5) is 0 Å². The van der Waals surface area contributed by atoms with E-state index in [0.29, 0.717) is 0 Å². The molecule has 0 aliphatic rings. The topological polar surface area (TPSA) is 0 Å². The summed E-state index contributed by atoms with van der Waals surface area (Å²) < 4.78 is 0. The Hall–Kier alpha value is 0. The van der Waals surface area contributed by atoms with Crippen molar-refractivity contribution in [3.05, 3.63) is 0 Å². The third kappa shape index (κ3) is 0. The summed E-state index contributed by atoms with van der Waals surface area (Å²) in [5, 5.41) is 0. The molecular weight excluding hydrogens is 204 g/mol. The van der Waals surface area contributed by atoms with Crippen molar-refractivity contribution in [1.82, 2.24) is 0 Å². The van der Waals surface area contributed by atoms with Gasteiger partial charge in [-0.3, -0.25) is 0 Å². The molecule has 0 amide bonds. The van der Waals surface area contributed by atoms with E-state index in [0.717, 1.165) is 5.92 Å². The molecule has 0 heteroatoms. The van der Waals surface area contributed by atoms with Gasteiger partial charge in [-0.15, -0.1) is 0 Å². The van der Waals surface area contributed by atoms with E-state index in [2.05, 4.69) is 34.6 Å². The monoisotopic (exact) mass is 252 g/mol. The van der Waals surface area contributed by atoms with Gasteiger partial charge >= 0.3 is 0 Å². The predicted molar refractivity (Wildman–Crippen MR) is 93.2 cm³/mol. The Bertz CT molecular complexity index is 11.2. The Balaban J connectivity index is -0.0000000141. The smallest absolute Gasteiger partial charge is 0.0500 e. The van der Waals surface area contributed by atoms with Crippen LogP contribution in [0.1, 0.15) is 110 Å². The van der Waals surface area contributed by atoms with Crippen molar-refractivity contribution in [3.8, 4) is 0 Å². The summed E-state index contributed by atoms with van der Waals surface area (Å²) in [6.45, 7) is 30.8. The SMILES string of the molecule is CC.CC.CC.CC.CC.CC(C)C.CCC. The molecule has 0 bridgehead atoms. The number of rotatable bonds is 0. The molecule has 0 fully saturated rings. The fraction of sp³-hybridized carbons (Fsp3) is 1.00. The normalized spacial score (nSPS) is 4.94. The third-order valence-electron chi connectivity index (χ3n) is 0. The van der Waals surface area contributed by atoms with Crippen molar-refractivity contribution >= 4 is 0 Å². The quantitative estimate of drug-likeness (QED) is 0.407. The molecule has 0 unspecified atom stereocenters. The van der Waals surface area contributed by atoms with E-state index in [1.54, 1.807) is 0 Å². The van der Waals surface area contributed by atoms with Crippen LogP contribution in [0.15, 0.2) is 0 Å². The zero-order valence-corrected chi connectivity index (χ0v) is 16.3. The van der Waals surface area contributed by atoms with Crippen LogP contribution in [0.25, 0.3) is 0 Å². The Morgan fingerprint density at radius 3 is 0.471 bits per heavy atom. The van der Waals surface area contributed by atoms with E-state index in [1.165, 1.54) is 6.42 Å². The molecule has 0 aromatic rings. The standard InChI is InChI=1S/C4H10.C3H8.5C2H6/c1-4(2)3;1-3-2;5*1-2/h4H,1-3H3;3H2,1-2H3;5*1-2H3. The van der Waals surface area contributed by atoms with E-state index < -0.39 is 0 Å². The molecule has 0 saturated carbocycles. The first kappa shape index (κ1) is 43.5. The number of hydrogen-bond acceptors (Lipinski definition) is 0. The molecule has 116 valence electrons. The molecule has 0 N–H and O–H groups in total. The molecule has 0 radical (unpaired) electrons. The summed E-state index contributed by atoms with van der Waals surface area (Å²) in [7, 11) is 0. The van der Waals surface area contributed by atoms with Crippen molar-refractivity contribution in [2.75, 3.05) is 0 Å². The minimum atomic E-state index is 0.833. The molecule has 0 spiro atoms. The molecule has 0 atom stereocenters. The molecule has 0 saturated heterocycles. The lowest BCUT2D eigenvalue weighted by atomic mass is 10.3. The van der Waals surface area contributed by atoms with Crippen LogP contribution >= 0.6 is 0 Å².